The Morgan fingerprint density at radius 1 is 1.53 bits per heavy atom. The maximum Gasteiger partial charge on any atom is 0.139 e. The third-order valence-electron chi connectivity index (χ3n) is 3.55. The largest absolute Gasteiger partial charge is 0.384 e. The number of nitrogens with two attached hydrogens (primary N) is 1. The van der Waals surface area contributed by atoms with Gasteiger partial charge in [-0.1, -0.05) is 0 Å². The van der Waals surface area contributed by atoms with Crippen LogP contribution < -0.4 is 10.6 Å². The molecule has 0 unspecified atom stereocenters. The number of hydrogen-bond acceptors (Lipinski definition) is 4. The number of aryl methyl sites for hydroxylation is 1. The predicted molar refractivity (Wildman–Crippen MR) is 76.9 cm³/mol. The summed E-state index contributed by atoms with van der Waals surface area (Å²) in [6, 6.07) is 1.90. The lowest BCUT2D eigenvalue weighted by Crippen LogP contribution is -2.38. The zero-order valence-electron chi connectivity index (χ0n) is 11.6. The highest BCUT2D eigenvalue weighted by Crippen LogP contribution is 2.24. The molecule has 0 bridgehead atoms. The second kappa shape index (κ2) is 6.02. The molecular weight excluding hydrogens is 240 g/mol. The summed E-state index contributed by atoms with van der Waals surface area (Å²) in [5, 5.41) is 7.73. The molecule has 0 amide bonds. The van der Waals surface area contributed by atoms with E-state index < -0.39 is 0 Å². The summed E-state index contributed by atoms with van der Waals surface area (Å²) in [5.74, 6) is 0.926. The molecule has 1 aliphatic rings. The number of aromatic nitrogens is 1. The summed E-state index contributed by atoms with van der Waals surface area (Å²) in [6.45, 7) is 6.58. The van der Waals surface area contributed by atoms with Gasteiger partial charge in [0.25, 0.3) is 0 Å². The molecule has 0 radical (unpaired) electrons. The van der Waals surface area contributed by atoms with Gasteiger partial charge >= 0.3 is 0 Å². The second-order valence-electron chi connectivity index (χ2n) is 4.88. The molecule has 19 heavy (non-hydrogen) atoms. The zero-order chi connectivity index (χ0) is 13.8. The lowest BCUT2D eigenvalue weighted by Gasteiger charge is -2.33. The van der Waals surface area contributed by atoms with Crippen LogP contribution in [0.1, 0.15) is 30.9 Å². The molecule has 1 aliphatic heterocycles. The van der Waals surface area contributed by atoms with Crippen LogP contribution in [0.5, 0.6) is 0 Å². The molecule has 0 aliphatic carbocycles. The van der Waals surface area contributed by atoms with Gasteiger partial charge in [-0.15, -0.1) is 0 Å². The van der Waals surface area contributed by atoms with Crippen molar-refractivity contribution in [3.8, 4) is 0 Å². The van der Waals surface area contributed by atoms with Crippen molar-refractivity contribution in [1.82, 2.24) is 4.98 Å². The summed E-state index contributed by atoms with van der Waals surface area (Å²) >= 11 is 0. The van der Waals surface area contributed by atoms with Crippen molar-refractivity contribution in [2.24, 2.45) is 5.73 Å². The molecule has 1 aromatic rings. The van der Waals surface area contributed by atoms with Crippen LogP contribution in [-0.2, 0) is 4.74 Å². The molecule has 0 aromatic carbocycles. The average Bonchev–Trinajstić information content (AvgIpc) is 2.39. The van der Waals surface area contributed by atoms with E-state index in [0.29, 0.717) is 6.10 Å². The van der Waals surface area contributed by atoms with Crippen LogP contribution >= 0.6 is 0 Å². The molecule has 1 aromatic heterocycles. The summed E-state index contributed by atoms with van der Waals surface area (Å²) in [6.07, 6.45) is 4.14. The zero-order valence-corrected chi connectivity index (χ0v) is 11.6. The molecule has 5 nitrogen and oxygen atoms in total. The lowest BCUT2D eigenvalue weighted by atomic mass is 10.0. The maximum absolute atomic E-state index is 7.73. The van der Waals surface area contributed by atoms with Crippen molar-refractivity contribution in [2.45, 2.75) is 32.8 Å². The standard InChI is InChI=1S/C14H22N4O/c1-3-19-11-5-8-18(9-6-11)14-12(13(15)16)10(2)4-7-17-14/h4,7,11H,3,5-6,8-9H2,1-2H3,(H3,15,16). The van der Waals surface area contributed by atoms with Crippen molar-refractivity contribution < 1.29 is 4.74 Å². The van der Waals surface area contributed by atoms with Crippen molar-refractivity contribution in [2.75, 3.05) is 24.6 Å². The molecule has 0 atom stereocenters. The minimum Gasteiger partial charge on any atom is -0.384 e. The van der Waals surface area contributed by atoms with Crippen molar-refractivity contribution in [1.29, 1.82) is 5.41 Å². The number of nitrogens with zero attached hydrogens (tertiary/aromatic N) is 2. The number of piperidine rings is 1. The van der Waals surface area contributed by atoms with Gasteiger partial charge in [0, 0.05) is 25.9 Å². The first kappa shape index (κ1) is 13.8. The summed E-state index contributed by atoms with van der Waals surface area (Å²) in [5.41, 5.74) is 7.45. The minimum atomic E-state index is 0.0903. The monoisotopic (exact) mass is 262 g/mol. The van der Waals surface area contributed by atoms with Crippen LogP contribution in [-0.4, -0.2) is 36.6 Å². The van der Waals surface area contributed by atoms with Crippen LogP contribution in [0.2, 0.25) is 0 Å². The number of amidine groups is 1. The molecular formula is C14H22N4O. The average molecular weight is 262 g/mol. The first-order chi connectivity index (χ1) is 9.13. The van der Waals surface area contributed by atoms with E-state index in [1.807, 2.05) is 19.9 Å². The van der Waals surface area contributed by atoms with E-state index >= 15 is 0 Å². The van der Waals surface area contributed by atoms with Gasteiger partial charge in [0.2, 0.25) is 0 Å². The quantitative estimate of drug-likeness (QED) is 0.639. The smallest absolute Gasteiger partial charge is 0.139 e. The van der Waals surface area contributed by atoms with Crippen molar-refractivity contribution in [3.63, 3.8) is 0 Å². The molecule has 1 fully saturated rings. The molecule has 104 valence electrons. The van der Waals surface area contributed by atoms with Gasteiger partial charge in [-0.3, -0.25) is 5.41 Å². The first-order valence-electron chi connectivity index (χ1n) is 6.80. The van der Waals surface area contributed by atoms with Gasteiger partial charge in [0.05, 0.1) is 11.7 Å². The summed E-state index contributed by atoms with van der Waals surface area (Å²) in [4.78, 5) is 6.63. The van der Waals surface area contributed by atoms with E-state index in [1.165, 1.54) is 0 Å². The topological polar surface area (TPSA) is 75.2 Å². The Balaban J connectivity index is 2.15. The van der Waals surface area contributed by atoms with Gasteiger partial charge in [0.15, 0.2) is 0 Å². The third kappa shape index (κ3) is 3.04. The minimum absolute atomic E-state index is 0.0903. The van der Waals surface area contributed by atoms with Crippen LogP contribution in [0.15, 0.2) is 12.3 Å². The second-order valence-corrected chi connectivity index (χ2v) is 4.88. The fourth-order valence-electron chi connectivity index (χ4n) is 2.59. The molecule has 3 N–H and O–H groups in total. The SMILES string of the molecule is CCOC1CCN(c2nccc(C)c2C(=N)N)CC1. The molecule has 1 saturated heterocycles. The van der Waals surface area contributed by atoms with Crippen LogP contribution in [0.3, 0.4) is 0 Å². The number of ether oxygens (including phenoxy) is 1. The van der Waals surface area contributed by atoms with Gasteiger partial charge in [-0.2, -0.15) is 0 Å². The van der Waals surface area contributed by atoms with Crippen LogP contribution in [0.4, 0.5) is 5.82 Å². The molecule has 0 spiro atoms. The summed E-state index contributed by atoms with van der Waals surface area (Å²) in [7, 11) is 0. The van der Waals surface area contributed by atoms with Gasteiger partial charge in [0.1, 0.15) is 11.7 Å². The van der Waals surface area contributed by atoms with Gasteiger partial charge < -0.3 is 15.4 Å². The molecule has 0 saturated carbocycles. The van der Waals surface area contributed by atoms with Crippen molar-refractivity contribution >= 4 is 11.7 Å². The Labute approximate surface area is 114 Å². The Morgan fingerprint density at radius 2 is 2.21 bits per heavy atom. The number of rotatable bonds is 4. The fraction of sp³-hybridized carbons (Fsp3) is 0.571. The van der Waals surface area contributed by atoms with E-state index in [1.54, 1.807) is 6.20 Å². The fourth-order valence-corrected chi connectivity index (χ4v) is 2.59. The Morgan fingerprint density at radius 3 is 2.79 bits per heavy atom. The van der Waals surface area contributed by atoms with E-state index in [4.69, 9.17) is 15.9 Å². The van der Waals surface area contributed by atoms with E-state index in [2.05, 4.69) is 9.88 Å². The molecule has 5 heteroatoms. The van der Waals surface area contributed by atoms with Crippen molar-refractivity contribution in [3.05, 3.63) is 23.4 Å². The van der Waals surface area contributed by atoms with Crippen LogP contribution in [0.25, 0.3) is 0 Å². The number of nitrogens with one attached hydrogen (secondary N) is 1. The highest BCUT2D eigenvalue weighted by Gasteiger charge is 2.23. The Bertz CT molecular complexity index is 453. The number of nitrogen functional groups attached to an aromatic ring is 1. The number of pyridine rings is 1. The first-order valence-corrected chi connectivity index (χ1v) is 6.80. The van der Waals surface area contributed by atoms with E-state index in [-0.39, 0.29) is 5.84 Å². The predicted octanol–water partition coefficient (Wildman–Crippen LogP) is 1.68. The van der Waals surface area contributed by atoms with Crippen LogP contribution in [0, 0.1) is 12.3 Å². The Kier molecular flexibility index (Phi) is 4.37. The van der Waals surface area contributed by atoms with Gasteiger partial charge in [-0.05, 0) is 38.3 Å². The van der Waals surface area contributed by atoms with Gasteiger partial charge in [-0.25, -0.2) is 4.98 Å². The Hall–Kier alpha value is -1.62. The lowest BCUT2D eigenvalue weighted by molar-refractivity contribution is 0.0458. The maximum atomic E-state index is 7.73. The third-order valence-corrected chi connectivity index (χ3v) is 3.55. The molecule has 2 rings (SSSR count). The van der Waals surface area contributed by atoms with E-state index in [0.717, 1.165) is 49.5 Å². The normalized spacial score (nSPS) is 16.6. The van der Waals surface area contributed by atoms with E-state index in [9.17, 15) is 0 Å². The molecule has 2 heterocycles. The highest BCUT2D eigenvalue weighted by atomic mass is 16.5. The highest BCUT2D eigenvalue weighted by molar-refractivity contribution is 6.01. The number of hydrogen-bond donors (Lipinski definition) is 2. The number of anilines is 1. The summed E-state index contributed by atoms with van der Waals surface area (Å²) < 4.78 is 5.65.